The Morgan fingerprint density at radius 1 is 1.33 bits per heavy atom. The Morgan fingerprint density at radius 2 is 2.00 bits per heavy atom. The fourth-order valence-corrected chi connectivity index (χ4v) is 2.48. The highest BCUT2D eigenvalue weighted by atomic mass is 16.4. The number of rotatable bonds is 3. The Balaban J connectivity index is 2.27. The summed E-state index contributed by atoms with van der Waals surface area (Å²) < 4.78 is 0. The molecule has 0 radical (unpaired) electrons. The highest BCUT2D eigenvalue weighted by Crippen LogP contribution is 2.35. The molecule has 1 heterocycles. The van der Waals surface area contributed by atoms with E-state index in [1.54, 1.807) is 36.2 Å². The van der Waals surface area contributed by atoms with Gasteiger partial charge in [0, 0.05) is 26.2 Å². The van der Waals surface area contributed by atoms with Gasteiger partial charge >= 0.3 is 5.97 Å². The number of carboxylic acids is 1. The normalized spacial score (nSPS) is 17.0. The third kappa shape index (κ3) is 3.04. The van der Waals surface area contributed by atoms with Crippen LogP contribution >= 0.6 is 0 Å². The maximum Gasteiger partial charge on any atom is 0.311 e. The van der Waals surface area contributed by atoms with Crippen LogP contribution in [0.15, 0.2) is 24.3 Å². The quantitative estimate of drug-likeness (QED) is 0.903. The van der Waals surface area contributed by atoms with Gasteiger partial charge in [0.15, 0.2) is 0 Å². The number of hydrogen-bond donors (Lipinski definition) is 1. The van der Waals surface area contributed by atoms with Gasteiger partial charge < -0.3 is 14.9 Å². The average Bonchev–Trinajstić information content (AvgIpc) is 2.45. The summed E-state index contributed by atoms with van der Waals surface area (Å²) in [6, 6.07) is 7.03. The molecule has 1 aromatic carbocycles. The largest absolute Gasteiger partial charge is 0.481 e. The van der Waals surface area contributed by atoms with Gasteiger partial charge in [-0.05, 0) is 18.1 Å². The van der Waals surface area contributed by atoms with E-state index < -0.39 is 11.9 Å². The van der Waals surface area contributed by atoms with E-state index in [0.717, 1.165) is 0 Å². The fraction of sp³-hybridized carbons (Fsp3) is 0.400. The Morgan fingerprint density at radius 3 is 2.62 bits per heavy atom. The Hall–Kier alpha value is -2.37. The molecule has 1 N–H and O–H groups in total. The lowest BCUT2D eigenvalue weighted by Gasteiger charge is -2.33. The van der Waals surface area contributed by atoms with Crippen LogP contribution < -0.4 is 4.90 Å². The third-order valence-corrected chi connectivity index (χ3v) is 3.75. The van der Waals surface area contributed by atoms with Crippen LogP contribution in [0.3, 0.4) is 0 Å². The van der Waals surface area contributed by atoms with Crippen molar-refractivity contribution in [3.63, 3.8) is 0 Å². The van der Waals surface area contributed by atoms with E-state index in [4.69, 9.17) is 0 Å². The molecule has 6 heteroatoms. The van der Waals surface area contributed by atoms with Crippen LogP contribution in [0.2, 0.25) is 0 Å². The molecule has 0 saturated heterocycles. The van der Waals surface area contributed by atoms with Crippen LogP contribution in [0.5, 0.6) is 0 Å². The van der Waals surface area contributed by atoms with Crippen LogP contribution in [0.1, 0.15) is 24.8 Å². The van der Waals surface area contributed by atoms with Crippen molar-refractivity contribution in [2.75, 3.05) is 25.0 Å². The molecular formula is C15H18N2O4. The molecule has 1 unspecified atom stereocenters. The zero-order valence-electron chi connectivity index (χ0n) is 12.1. The molecule has 0 aromatic heterocycles. The molecule has 2 rings (SSSR count). The van der Waals surface area contributed by atoms with Gasteiger partial charge in [-0.25, -0.2) is 0 Å². The van der Waals surface area contributed by atoms with Gasteiger partial charge in [0.25, 0.3) is 0 Å². The van der Waals surface area contributed by atoms with E-state index in [1.807, 2.05) is 0 Å². The molecule has 0 aliphatic carbocycles. The van der Waals surface area contributed by atoms with Crippen LogP contribution in [0.4, 0.5) is 5.69 Å². The monoisotopic (exact) mass is 290 g/mol. The predicted octanol–water partition coefficient (Wildman–Crippen LogP) is 1.07. The standard InChI is InChI=1S/C15H18N2O4/c1-10(18)16(2)9-14(19)17-8-7-12(15(20)21)11-5-3-4-6-13(11)17/h3-6,12H,7-9H2,1-2H3,(H,20,21). The zero-order chi connectivity index (χ0) is 15.6. The number of hydrogen-bond acceptors (Lipinski definition) is 3. The Labute approximate surface area is 123 Å². The number of carbonyl (C=O) groups is 3. The SMILES string of the molecule is CC(=O)N(C)CC(=O)N1CCC(C(=O)O)c2ccccc21. The maximum absolute atomic E-state index is 12.3. The first-order chi connectivity index (χ1) is 9.91. The molecule has 6 nitrogen and oxygen atoms in total. The Bertz CT molecular complexity index is 585. The van der Waals surface area contributed by atoms with Gasteiger partial charge in [-0.3, -0.25) is 14.4 Å². The topological polar surface area (TPSA) is 77.9 Å². The minimum absolute atomic E-state index is 0.0125. The third-order valence-electron chi connectivity index (χ3n) is 3.75. The molecule has 1 aromatic rings. The number of fused-ring (bicyclic) bond motifs is 1. The highest BCUT2D eigenvalue weighted by molar-refractivity contribution is 5.98. The number of para-hydroxylation sites is 1. The van der Waals surface area contributed by atoms with E-state index in [2.05, 4.69) is 0 Å². The lowest BCUT2D eigenvalue weighted by Crippen LogP contribution is -2.44. The minimum Gasteiger partial charge on any atom is -0.481 e. The second-order valence-electron chi connectivity index (χ2n) is 5.16. The number of carboxylic acid groups (broad SMARTS) is 1. The van der Waals surface area contributed by atoms with Crippen molar-refractivity contribution >= 4 is 23.5 Å². The molecule has 2 amide bonds. The number of anilines is 1. The number of amides is 2. The van der Waals surface area contributed by atoms with Gasteiger partial charge in [0.05, 0.1) is 12.5 Å². The molecule has 0 fully saturated rings. The smallest absolute Gasteiger partial charge is 0.311 e. The van der Waals surface area contributed by atoms with Gasteiger partial charge in [-0.2, -0.15) is 0 Å². The van der Waals surface area contributed by atoms with Crippen LogP contribution in [-0.2, 0) is 14.4 Å². The first kappa shape index (κ1) is 15.0. The molecule has 0 saturated carbocycles. The average molecular weight is 290 g/mol. The molecule has 0 spiro atoms. The number of carbonyl (C=O) groups excluding carboxylic acids is 2. The summed E-state index contributed by atoms with van der Waals surface area (Å²) in [4.78, 5) is 37.8. The second-order valence-corrected chi connectivity index (χ2v) is 5.16. The first-order valence-electron chi connectivity index (χ1n) is 6.75. The summed E-state index contributed by atoms with van der Waals surface area (Å²) in [5.41, 5.74) is 1.27. The number of nitrogens with zero attached hydrogens (tertiary/aromatic N) is 2. The lowest BCUT2D eigenvalue weighted by atomic mass is 9.90. The summed E-state index contributed by atoms with van der Waals surface area (Å²) in [7, 11) is 1.57. The molecule has 1 atom stereocenters. The van der Waals surface area contributed by atoms with Crippen molar-refractivity contribution in [1.29, 1.82) is 0 Å². The summed E-state index contributed by atoms with van der Waals surface area (Å²) in [5.74, 6) is -1.85. The molecule has 112 valence electrons. The van der Waals surface area contributed by atoms with Gasteiger partial charge in [-0.15, -0.1) is 0 Å². The first-order valence-corrected chi connectivity index (χ1v) is 6.75. The van der Waals surface area contributed by atoms with E-state index in [0.29, 0.717) is 24.2 Å². The molecule has 0 bridgehead atoms. The van der Waals surface area contributed by atoms with Crippen LogP contribution in [0, 0.1) is 0 Å². The second kappa shape index (κ2) is 5.95. The van der Waals surface area contributed by atoms with Crippen molar-refractivity contribution in [3.05, 3.63) is 29.8 Å². The van der Waals surface area contributed by atoms with E-state index in [-0.39, 0.29) is 18.4 Å². The summed E-state index contributed by atoms with van der Waals surface area (Å²) in [6.45, 7) is 1.73. The number of benzene rings is 1. The molecule has 21 heavy (non-hydrogen) atoms. The summed E-state index contributed by atoms with van der Waals surface area (Å²) in [6.07, 6.45) is 0.377. The molecular weight excluding hydrogens is 272 g/mol. The van der Waals surface area contributed by atoms with Crippen molar-refractivity contribution in [2.24, 2.45) is 0 Å². The summed E-state index contributed by atoms with van der Waals surface area (Å²) in [5, 5.41) is 9.27. The lowest BCUT2D eigenvalue weighted by molar-refractivity contribution is -0.139. The number of aliphatic carboxylic acids is 1. The molecule has 1 aliphatic rings. The van der Waals surface area contributed by atoms with Gasteiger partial charge in [0.1, 0.15) is 0 Å². The van der Waals surface area contributed by atoms with Crippen molar-refractivity contribution < 1.29 is 19.5 Å². The Kier molecular flexibility index (Phi) is 4.26. The predicted molar refractivity (Wildman–Crippen MR) is 77.1 cm³/mol. The van der Waals surface area contributed by atoms with E-state index in [9.17, 15) is 19.5 Å². The maximum atomic E-state index is 12.3. The summed E-state index contributed by atoms with van der Waals surface area (Å²) >= 11 is 0. The van der Waals surface area contributed by atoms with E-state index in [1.165, 1.54) is 11.8 Å². The number of likely N-dealkylation sites (N-methyl/N-ethyl adjacent to an activating group) is 1. The van der Waals surface area contributed by atoms with Crippen molar-refractivity contribution in [1.82, 2.24) is 4.90 Å². The van der Waals surface area contributed by atoms with Crippen LogP contribution in [0.25, 0.3) is 0 Å². The van der Waals surface area contributed by atoms with Gasteiger partial charge in [0.2, 0.25) is 11.8 Å². The van der Waals surface area contributed by atoms with Crippen molar-refractivity contribution in [2.45, 2.75) is 19.3 Å². The zero-order valence-corrected chi connectivity index (χ0v) is 12.1. The fourth-order valence-electron chi connectivity index (χ4n) is 2.48. The highest BCUT2D eigenvalue weighted by Gasteiger charge is 2.32. The molecule has 1 aliphatic heterocycles. The van der Waals surface area contributed by atoms with E-state index >= 15 is 0 Å². The van der Waals surface area contributed by atoms with Gasteiger partial charge in [-0.1, -0.05) is 18.2 Å². The van der Waals surface area contributed by atoms with Crippen molar-refractivity contribution in [3.8, 4) is 0 Å². The van der Waals surface area contributed by atoms with Crippen LogP contribution in [-0.4, -0.2) is 47.9 Å². The minimum atomic E-state index is -0.879.